The van der Waals surface area contributed by atoms with Crippen LogP contribution in [0.15, 0.2) is 89.5 Å². The summed E-state index contributed by atoms with van der Waals surface area (Å²) in [6.45, 7) is 0.985. The molecule has 0 atom stereocenters. The van der Waals surface area contributed by atoms with Gasteiger partial charge < -0.3 is 4.90 Å². The minimum absolute atomic E-state index is 0.985. The highest BCUT2D eigenvalue weighted by molar-refractivity contribution is 8.01. The van der Waals surface area contributed by atoms with Crippen molar-refractivity contribution in [3.63, 3.8) is 0 Å². The zero-order chi connectivity index (χ0) is 23.5. The molecule has 5 heteroatoms. The van der Waals surface area contributed by atoms with Crippen molar-refractivity contribution in [1.82, 2.24) is 0 Å². The molecular weight excluding hydrogens is 454 g/mol. The molecule has 0 bridgehead atoms. The van der Waals surface area contributed by atoms with E-state index in [0.717, 1.165) is 12.3 Å². The van der Waals surface area contributed by atoms with Gasteiger partial charge in [0, 0.05) is 48.6 Å². The molecule has 0 aliphatic rings. The molecule has 3 aromatic carbocycles. The molecule has 34 heavy (non-hydrogen) atoms. The molecule has 0 radical (unpaired) electrons. The van der Waals surface area contributed by atoms with Crippen LogP contribution in [0.25, 0.3) is 33.1 Å². The van der Waals surface area contributed by atoms with E-state index in [0.29, 0.717) is 0 Å². The van der Waals surface area contributed by atoms with Crippen LogP contribution >= 0.6 is 23.1 Å². The van der Waals surface area contributed by atoms with Crippen molar-refractivity contribution in [2.45, 2.75) is 4.34 Å². The van der Waals surface area contributed by atoms with Crippen molar-refractivity contribution in [2.24, 2.45) is 14.1 Å². The summed E-state index contributed by atoms with van der Waals surface area (Å²) in [5.41, 5.74) is 5.03. The van der Waals surface area contributed by atoms with Gasteiger partial charge in [-0.3, -0.25) is 0 Å². The van der Waals surface area contributed by atoms with Crippen LogP contribution in [0.4, 0.5) is 5.69 Å². The minimum atomic E-state index is 0.985. The van der Waals surface area contributed by atoms with Crippen LogP contribution in [0.3, 0.4) is 0 Å². The number of fused-ring (bicyclic) bond motifs is 2. The molecule has 5 aromatic rings. The van der Waals surface area contributed by atoms with E-state index in [-0.39, 0.29) is 0 Å². The second-order valence-corrected chi connectivity index (χ2v) is 10.9. The fourth-order valence-corrected chi connectivity index (χ4v) is 6.66. The Hall–Kier alpha value is -3.15. The number of pyridine rings is 1. The van der Waals surface area contributed by atoms with Crippen LogP contribution in [-0.4, -0.2) is 19.3 Å². The zero-order valence-electron chi connectivity index (χ0n) is 19.8. The maximum atomic E-state index is 2.38. The van der Waals surface area contributed by atoms with Crippen LogP contribution < -0.4 is 14.0 Å². The fraction of sp³-hybridized carbons (Fsp3) is 0.172. The number of para-hydroxylation sites is 1. The summed E-state index contributed by atoms with van der Waals surface area (Å²) in [5, 5.41) is 2.58. The number of thioether (sulfide) groups is 1. The lowest BCUT2D eigenvalue weighted by Gasteiger charge is -2.21. The number of aromatic nitrogens is 2. The summed E-state index contributed by atoms with van der Waals surface area (Å²) < 4.78 is 7.07. The Balaban J connectivity index is 1.33. The van der Waals surface area contributed by atoms with E-state index in [2.05, 4.69) is 125 Å². The minimum Gasteiger partial charge on any atom is -0.373 e. The molecule has 170 valence electrons. The van der Waals surface area contributed by atoms with Gasteiger partial charge in [0.25, 0.3) is 4.34 Å². The second kappa shape index (κ2) is 10.00. The molecule has 0 spiro atoms. The van der Waals surface area contributed by atoms with Crippen LogP contribution in [0, 0.1) is 0 Å². The Morgan fingerprint density at radius 1 is 0.853 bits per heavy atom. The summed E-state index contributed by atoms with van der Waals surface area (Å²) in [5.74, 6) is 1.04. The van der Waals surface area contributed by atoms with Crippen LogP contribution in [0.2, 0.25) is 0 Å². The second-order valence-electron chi connectivity index (χ2n) is 8.51. The van der Waals surface area contributed by atoms with E-state index in [1.165, 1.54) is 42.1 Å². The fourth-order valence-electron chi connectivity index (χ4n) is 4.19. The lowest BCUT2D eigenvalue weighted by molar-refractivity contribution is -0.676. The summed E-state index contributed by atoms with van der Waals surface area (Å²) in [6, 6.07) is 26.1. The molecule has 0 unspecified atom stereocenters. The van der Waals surface area contributed by atoms with Crippen molar-refractivity contribution < 1.29 is 9.13 Å². The average molecular weight is 484 g/mol. The van der Waals surface area contributed by atoms with Crippen molar-refractivity contribution in [1.29, 1.82) is 0 Å². The monoisotopic (exact) mass is 483 g/mol. The standard InChI is InChI=1S/C29H29N3S2/c1-30-18-16-22(17-19-30)12-13-23-14-15-26(25-9-5-4-8-24(23)25)31(2)20-21-33-29-32(3)27-10-6-7-11-28(27)34-29/h4-19H,20-21H2,1-3H3/q+2. The first-order valence-electron chi connectivity index (χ1n) is 11.5. The Kier molecular flexibility index (Phi) is 6.66. The molecule has 0 aliphatic carbocycles. The molecule has 0 amide bonds. The number of hydrogen-bond donors (Lipinski definition) is 0. The third-order valence-electron chi connectivity index (χ3n) is 6.16. The average Bonchev–Trinajstić information content (AvgIpc) is 3.19. The van der Waals surface area contributed by atoms with Gasteiger partial charge in [0.2, 0.25) is 5.52 Å². The Bertz CT molecular complexity index is 1470. The highest BCUT2D eigenvalue weighted by Gasteiger charge is 2.17. The topological polar surface area (TPSA) is 11.0 Å². The Morgan fingerprint density at radius 3 is 2.38 bits per heavy atom. The molecule has 0 saturated heterocycles. The van der Waals surface area contributed by atoms with Gasteiger partial charge in [0.15, 0.2) is 12.4 Å². The maximum absolute atomic E-state index is 2.38. The van der Waals surface area contributed by atoms with E-state index in [1.54, 1.807) is 0 Å². The first kappa shape index (κ1) is 22.6. The number of thiazole rings is 1. The first-order chi connectivity index (χ1) is 16.6. The smallest absolute Gasteiger partial charge is 0.298 e. The molecule has 0 saturated carbocycles. The zero-order valence-corrected chi connectivity index (χ0v) is 21.4. The molecule has 3 nitrogen and oxygen atoms in total. The number of nitrogens with zero attached hydrogens (tertiary/aromatic N) is 3. The maximum Gasteiger partial charge on any atom is 0.298 e. The molecule has 2 heterocycles. The van der Waals surface area contributed by atoms with Crippen molar-refractivity contribution in [2.75, 3.05) is 24.2 Å². The summed E-state index contributed by atoms with van der Waals surface area (Å²) in [7, 11) is 6.41. The summed E-state index contributed by atoms with van der Waals surface area (Å²) in [6.07, 6.45) is 8.56. The highest BCUT2D eigenvalue weighted by Crippen LogP contribution is 2.31. The van der Waals surface area contributed by atoms with Crippen LogP contribution in [0.5, 0.6) is 0 Å². The SMILES string of the molecule is CN(CCSc1sc2ccccc2[n+]1C)c1ccc(/C=C/c2cc[n+](C)cc2)c2ccccc12. The summed E-state index contributed by atoms with van der Waals surface area (Å²) in [4.78, 5) is 2.38. The van der Waals surface area contributed by atoms with Gasteiger partial charge in [0.1, 0.15) is 18.8 Å². The molecule has 2 aromatic heterocycles. The third kappa shape index (κ3) is 4.72. The van der Waals surface area contributed by atoms with Gasteiger partial charge in [0.05, 0.1) is 0 Å². The number of aryl methyl sites for hydroxylation is 2. The van der Waals surface area contributed by atoms with Crippen molar-refractivity contribution in [3.05, 3.63) is 96.3 Å². The van der Waals surface area contributed by atoms with E-state index < -0.39 is 0 Å². The predicted molar refractivity (Wildman–Crippen MR) is 147 cm³/mol. The first-order valence-corrected chi connectivity index (χ1v) is 13.3. The van der Waals surface area contributed by atoms with Crippen molar-refractivity contribution >= 4 is 61.9 Å². The van der Waals surface area contributed by atoms with Gasteiger partial charge in [-0.25, -0.2) is 4.57 Å². The Morgan fingerprint density at radius 2 is 1.59 bits per heavy atom. The number of rotatable bonds is 7. The Labute approximate surface area is 209 Å². The van der Waals surface area contributed by atoms with Gasteiger partial charge in [-0.1, -0.05) is 66.0 Å². The van der Waals surface area contributed by atoms with Crippen LogP contribution in [-0.2, 0) is 14.1 Å². The molecule has 0 fully saturated rings. The van der Waals surface area contributed by atoms with Gasteiger partial charge in [-0.15, -0.1) is 0 Å². The van der Waals surface area contributed by atoms with E-state index in [1.807, 2.05) is 30.1 Å². The lowest BCUT2D eigenvalue weighted by atomic mass is 10.0. The van der Waals surface area contributed by atoms with Crippen LogP contribution in [0.1, 0.15) is 11.1 Å². The number of anilines is 1. The highest BCUT2D eigenvalue weighted by atomic mass is 32.2. The largest absolute Gasteiger partial charge is 0.373 e. The summed E-state index contributed by atoms with van der Waals surface area (Å²) >= 11 is 3.82. The predicted octanol–water partition coefficient (Wildman–Crippen LogP) is 6.10. The van der Waals surface area contributed by atoms with E-state index in [4.69, 9.17) is 0 Å². The number of hydrogen-bond acceptors (Lipinski definition) is 3. The number of benzene rings is 3. The molecule has 0 N–H and O–H groups in total. The van der Waals surface area contributed by atoms with Crippen molar-refractivity contribution in [3.8, 4) is 0 Å². The third-order valence-corrected chi connectivity index (χ3v) is 8.68. The van der Waals surface area contributed by atoms with E-state index in [9.17, 15) is 0 Å². The molecule has 0 aliphatic heterocycles. The normalized spacial score (nSPS) is 11.6. The lowest BCUT2D eigenvalue weighted by Crippen LogP contribution is -2.28. The molecular formula is C29H29N3S2+2. The van der Waals surface area contributed by atoms with Gasteiger partial charge in [-0.2, -0.15) is 4.57 Å². The molecule has 5 rings (SSSR count). The van der Waals surface area contributed by atoms with E-state index >= 15 is 0 Å². The van der Waals surface area contributed by atoms with Gasteiger partial charge in [-0.05, 0) is 40.4 Å². The van der Waals surface area contributed by atoms with Gasteiger partial charge >= 0.3 is 0 Å². The quantitative estimate of drug-likeness (QED) is 0.205.